The average molecular weight is 278 g/mol. The number of hydrogen-bond donors (Lipinski definition) is 0. The Bertz CT molecular complexity index is 558. The number of hydrogen-bond acceptors (Lipinski definition) is 6. The van der Waals surface area contributed by atoms with Crippen molar-refractivity contribution in [1.82, 2.24) is 20.0 Å². The first kappa shape index (κ1) is 12.3. The third-order valence-corrected chi connectivity index (χ3v) is 4.38. The summed E-state index contributed by atoms with van der Waals surface area (Å²) in [6, 6.07) is 0. The molecule has 1 fully saturated rings. The molecule has 6 nitrogen and oxygen atoms in total. The average Bonchev–Trinajstić information content (AvgIpc) is 3.09. The van der Waals surface area contributed by atoms with E-state index in [-0.39, 0.29) is 5.91 Å². The minimum atomic E-state index is 0.0894. The van der Waals surface area contributed by atoms with Crippen LogP contribution in [0.2, 0.25) is 0 Å². The number of aryl methyl sites for hydroxylation is 1. The zero-order valence-corrected chi connectivity index (χ0v) is 11.4. The molecule has 1 aliphatic heterocycles. The molecule has 0 saturated carbocycles. The number of carbonyl (C=O) groups is 1. The van der Waals surface area contributed by atoms with E-state index in [1.54, 1.807) is 5.51 Å². The summed E-state index contributed by atoms with van der Waals surface area (Å²) in [5, 5.41) is 3.88. The van der Waals surface area contributed by atoms with Crippen molar-refractivity contribution in [3.05, 3.63) is 28.3 Å². The van der Waals surface area contributed by atoms with E-state index in [1.165, 1.54) is 17.7 Å². The minimum Gasteiger partial charge on any atom is -0.343 e. The molecule has 1 aliphatic rings. The van der Waals surface area contributed by atoms with E-state index in [1.807, 2.05) is 11.8 Å². The molecule has 0 N–H and O–H groups in total. The maximum atomic E-state index is 12.3. The third kappa shape index (κ3) is 2.37. The van der Waals surface area contributed by atoms with Crippen molar-refractivity contribution in [2.75, 3.05) is 13.1 Å². The molecule has 0 spiro atoms. The van der Waals surface area contributed by atoms with E-state index in [0.29, 0.717) is 5.92 Å². The molecule has 2 aromatic heterocycles. The van der Waals surface area contributed by atoms with Crippen LogP contribution in [0.1, 0.15) is 39.9 Å². The van der Waals surface area contributed by atoms with Gasteiger partial charge in [-0.05, 0) is 19.8 Å². The number of thiazole rings is 1. The van der Waals surface area contributed by atoms with Crippen molar-refractivity contribution in [1.29, 1.82) is 0 Å². The number of likely N-dealkylation sites (tertiary alicyclic amines) is 1. The third-order valence-electron chi connectivity index (χ3n) is 3.47. The Balaban J connectivity index is 1.64. The lowest BCUT2D eigenvalue weighted by molar-refractivity contribution is 0.0714. The van der Waals surface area contributed by atoms with E-state index in [4.69, 9.17) is 4.52 Å². The van der Waals surface area contributed by atoms with Gasteiger partial charge in [0.15, 0.2) is 5.82 Å². The van der Waals surface area contributed by atoms with Gasteiger partial charge in [-0.1, -0.05) is 5.16 Å². The molecular formula is C12H14N4O2S. The second-order valence-electron chi connectivity index (χ2n) is 4.62. The number of rotatable bonds is 2. The first-order valence-corrected chi connectivity index (χ1v) is 7.09. The fraction of sp³-hybridized carbons (Fsp3) is 0.500. The Morgan fingerprint density at radius 1 is 1.42 bits per heavy atom. The predicted molar refractivity (Wildman–Crippen MR) is 69.0 cm³/mol. The number of nitrogens with zero attached hydrogens (tertiary/aromatic N) is 4. The Morgan fingerprint density at radius 3 is 2.79 bits per heavy atom. The van der Waals surface area contributed by atoms with Gasteiger partial charge in [0.25, 0.3) is 5.91 Å². The molecule has 1 amide bonds. The van der Waals surface area contributed by atoms with Crippen LogP contribution in [0.4, 0.5) is 0 Å². The van der Waals surface area contributed by atoms with Gasteiger partial charge in [-0.25, -0.2) is 4.98 Å². The number of aromatic nitrogens is 3. The van der Waals surface area contributed by atoms with Crippen LogP contribution >= 0.6 is 11.3 Å². The second-order valence-corrected chi connectivity index (χ2v) is 5.48. The standard InChI is InChI=1S/C12H14N4O2S/c1-8-10(19-7-14-8)12(17)16-4-2-9(3-5-16)11-13-6-18-15-11/h6-7,9H,2-5H2,1H3. The summed E-state index contributed by atoms with van der Waals surface area (Å²) in [5.41, 5.74) is 2.53. The Morgan fingerprint density at radius 2 is 2.21 bits per heavy atom. The van der Waals surface area contributed by atoms with E-state index in [2.05, 4.69) is 15.1 Å². The number of carbonyl (C=O) groups excluding carboxylic acids is 1. The van der Waals surface area contributed by atoms with Gasteiger partial charge >= 0.3 is 0 Å². The number of piperidine rings is 1. The van der Waals surface area contributed by atoms with Crippen LogP contribution in [0.5, 0.6) is 0 Å². The van der Waals surface area contributed by atoms with Crippen LogP contribution in [-0.2, 0) is 0 Å². The Hall–Kier alpha value is -1.76. The summed E-state index contributed by atoms with van der Waals surface area (Å²) in [6.07, 6.45) is 3.11. The molecule has 0 aromatic carbocycles. The highest BCUT2D eigenvalue weighted by Gasteiger charge is 2.27. The van der Waals surface area contributed by atoms with E-state index < -0.39 is 0 Å². The molecule has 19 heavy (non-hydrogen) atoms. The second kappa shape index (κ2) is 5.08. The van der Waals surface area contributed by atoms with Gasteiger partial charge in [0.2, 0.25) is 6.39 Å². The SMILES string of the molecule is Cc1ncsc1C(=O)N1CCC(c2ncon2)CC1. The van der Waals surface area contributed by atoms with Gasteiger partial charge in [0, 0.05) is 19.0 Å². The maximum Gasteiger partial charge on any atom is 0.265 e. The summed E-state index contributed by atoms with van der Waals surface area (Å²) in [7, 11) is 0. The fourth-order valence-corrected chi connectivity index (χ4v) is 3.12. The first-order valence-electron chi connectivity index (χ1n) is 6.21. The summed E-state index contributed by atoms with van der Waals surface area (Å²) in [5.74, 6) is 1.14. The van der Waals surface area contributed by atoms with Crippen LogP contribution in [0.3, 0.4) is 0 Å². The van der Waals surface area contributed by atoms with Crippen molar-refractivity contribution >= 4 is 17.2 Å². The molecule has 100 valence electrons. The van der Waals surface area contributed by atoms with Crippen LogP contribution < -0.4 is 0 Å². The molecule has 3 heterocycles. The van der Waals surface area contributed by atoms with Gasteiger partial charge in [-0.2, -0.15) is 4.98 Å². The largest absolute Gasteiger partial charge is 0.343 e. The van der Waals surface area contributed by atoms with Crippen molar-refractivity contribution < 1.29 is 9.32 Å². The van der Waals surface area contributed by atoms with Crippen molar-refractivity contribution in [3.63, 3.8) is 0 Å². The van der Waals surface area contributed by atoms with Crippen LogP contribution in [0, 0.1) is 6.92 Å². The first-order chi connectivity index (χ1) is 9.25. The summed E-state index contributed by atoms with van der Waals surface area (Å²) in [4.78, 5) is 23.2. The smallest absolute Gasteiger partial charge is 0.265 e. The molecule has 0 radical (unpaired) electrons. The van der Waals surface area contributed by atoms with Gasteiger partial charge in [-0.15, -0.1) is 11.3 Å². The van der Waals surface area contributed by atoms with Crippen molar-refractivity contribution in [2.45, 2.75) is 25.7 Å². The van der Waals surface area contributed by atoms with Gasteiger partial charge in [0.1, 0.15) is 4.88 Å². The van der Waals surface area contributed by atoms with E-state index >= 15 is 0 Å². The highest BCUT2D eigenvalue weighted by molar-refractivity contribution is 7.11. The molecule has 0 atom stereocenters. The highest BCUT2D eigenvalue weighted by Crippen LogP contribution is 2.27. The van der Waals surface area contributed by atoms with Gasteiger partial charge in [-0.3, -0.25) is 4.79 Å². The van der Waals surface area contributed by atoms with Crippen LogP contribution in [-0.4, -0.2) is 39.0 Å². The van der Waals surface area contributed by atoms with Gasteiger partial charge in [0.05, 0.1) is 11.2 Å². The van der Waals surface area contributed by atoms with Crippen LogP contribution in [0.15, 0.2) is 16.4 Å². The summed E-state index contributed by atoms with van der Waals surface area (Å²) < 4.78 is 4.77. The fourth-order valence-electron chi connectivity index (χ4n) is 2.35. The lowest BCUT2D eigenvalue weighted by atomic mass is 9.96. The normalized spacial score (nSPS) is 16.8. The minimum absolute atomic E-state index is 0.0894. The highest BCUT2D eigenvalue weighted by atomic mass is 32.1. The molecule has 3 rings (SSSR count). The maximum absolute atomic E-state index is 12.3. The Labute approximate surface area is 114 Å². The summed E-state index contributed by atoms with van der Waals surface area (Å²) >= 11 is 1.41. The zero-order valence-electron chi connectivity index (χ0n) is 10.6. The molecule has 2 aromatic rings. The molecule has 0 unspecified atom stereocenters. The quantitative estimate of drug-likeness (QED) is 0.838. The number of amides is 1. The van der Waals surface area contributed by atoms with E-state index in [9.17, 15) is 4.79 Å². The summed E-state index contributed by atoms with van der Waals surface area (Å²) in [6.45, 7) is 3.33. The monoisotopic (exact) mass is 278 g/mol. The lowest BCUT2D eigenvalue weighted by Crippen LogP contribution is -2.38. The topological polar surface area (TPSA) is 72.1 Å². The van der Waals surface area contributed by atoms with Crippen LogP contribution in [0.25, 0.3) is 0 Å². The molecular weight excluding hydrogens is 264 g/mol. The molecule has 1 saturated heterocycles. The molecule has 0 aliphatic carbocycles. The van der Waals surface area contributed by atoms with Crippen molar-refractivity contribution in [3.8, 4) is 0 Å². The molecule has 7 heteroatoms. The predicted octanol–water partition coefficient (Wildman–Crippen LogP) is 1.85. The Kier molecular flexibility index (Phi) is 3.29. The van der Waals surface area contributed by atoms with Crippen molar-refractivity contribution in [2.24, 2.45) is 0 Å². The lowest BCUT2D eigenvalue weighted by Gasteiger charge is -2.30. The molecule has 0 bridgehead atoms. The zero-order chi connectivity index (χ0) is 13.2. The van der Waals surface area contributed by atoms with E-state index in [0.717, 1.165) is 42.3 Å². The van der Waals surface area contributed by atoms with Gasteiger partial charge < -0.3 is 9.42 Å².